The Labute approximate surface area is 235 Å². The maximum absolute atomic E-state index is 15.3. The van der Waals surface area contributed by atoms with Crippen molar-refractivity contribution in [1.82, 2.24) is 44.8 Å². The van der Waals surface area contributed by atoms with Crippen LogP contribution in [0, 0.1) is 11.0 Å². The van der Waals surface area contributed by atoms with Crippen LogP contribution in [0.25, 0.3) is 27.9 Å². The molecule has 1 atom stereocenters. The summed E-state index contributed by atoms with van der Waals surface area (Å²) in [6.45, 7) is 0.133. The topological polar surface area (TPSA) is 162 Å². The average molecular weight is 572 g/mol. The van der Waals surface area contributed by atoms with E-state index in [9.17, 15) is 10.0 Å². The van der Waals surface area contributed by atoms with Crippen molar-refractivity contribution in [3.63, 3.8) is 0 Å². The summed E-state index contributed by atoms with van der Waals surface area (Å²) in [5.74, 6) is -1.40. The van der Waals surface area contributed by atoms with Crippen LogP contribution in [-0.2, 0) is 6.54 Å². The van der Waals surface area contributed by atoms with E-state index in [1.54, 1.807) is 53.9 Å². The molecular weight excluding hydrogens is 553 g/mol. The second kappa shape index (κ2) is 10.6. The highest BCUT2D eigenvalue weighted by molar-refractivity contribution is 6.31. The van der Waals surface area contributed by atoms with Crippen LogP contribution in [0.4, 0.5) is 4.39 Å². The number of hydrogen-bond donors (Lipinski definition) is 1. The molecule has 0 spiro atoms. The Bertz CT molecular complexity index is 1850. The third kappa shape index (κ3) is 4.98. The second-order valence-corrected chi connectivity index (χ2v) is 9.33. The number of benzene rings is 1. The standard InChI is InChI=1S/C26H19ClFN11O2/c27-19-2-4-22(38-15-31-34-35-38)24(25(19)28)17-1-3-21(39(41)13-17)23(14-36-10-7-20(33-36)26(29)40)37-12-18(11-32-37)16-5-8-30-9-6-16/h1-13,15,23H,14H2,(H2,29,40). The largest absolute Gasteiger partial charge is 0.618 e. The lowest BCUT2D eigenvalue weighted by Gasteiger charge is -2.18. The number of amides is 1. The number of rotatable bonds is 8. The Kier molecular flexibility index (Phi) is 6.65. The van der Waals surface area contributed by atoms with Gasteiger partial charge in [0, 0.05) is 36.4 Å². The summed E-state index contributed by atoms with van der Waals surface area (Å²) in [6.07, 6.45) is 10.9. The quantitative estimate of drug-likeness (QED) is 0.215. The average Bonchev–Trinajstić information content (AvgIpc) is 3.76. The lowest BCUT2D eigenvalue weighted by atomic mass is 10.0. The maximum atomic E-state index is 15.3. The molecule has 1 aromatic carbocycles. The van der Waals surface area contributed by atoms with Gasteiger partial charge < -0.3 is 10.9 Å². The van der Waals surface area contributed by atoms with Crippen LogP contribution in [0.3, 0.4) is 0 Å². The molecule has 0 fully saturated rings. The number of halogens is 2. The van der Waals surface area contributed by atoms with Crippen LogP contribution in [0.2, 0.25) is 5.02 Å². The number of carbonyl (C=O) groups is 1. The van der Waals surface area contributed by atoms with Gasteiger partial charge in [-0.2, -0.15) is 19.6 Å². The smallest absolute Gasteiger partial charge is 0.269 e. The molecule has 0 radical (unpaired) electrons. The van der Waals surface area contributed by atoms with Gasteiger partial charge in [0.2, 0.25) is 5.69 Å². The highest BCUT2D eigenvalue weighted by atomic mass is 35.5. The summed E-state index contributed by atoms with van der Waals surface area (Å²) >= 11 is 6.09. The number of tetrazole rings is 1. The Balaban J connectivity index is 1.43. The van der Waals surface area contributed by atoms with Crippen molar-refractivity contribution >= 4 is 17.5 Å². The third-order valence-electron chi connectivity index (χ3n) is 6.43. The van der Waals surface area contributed by atoms with Gasteiger partial charge in [0.15, 0.2) is 18.1 Å². The Morgan fingerprint density at radius 2 is 1.93 bits per heavy atom. The van der Waals surface area contributed by atoms with Gasteiger partial charge in [-0.05, 0) is 52.4 Å². The van der Waals surface area contributed by atoms with Crippen LogP contribution >= 0.6 is 11.6 Å². The van der Waals surface area contributed by atoms with Gasteiger partial charge >= 0.3 is 0 Å². The SMILES string of the molecule is NC(=O)c1ccn(CC(c2ccc(-c3c(-n4cnnn4)ccc(Cl)c3F)c[n+]2[O-])n2cc(-c3ccncc3)cn2)n1. The number of carbonyl (C=O) groups excluding carboxylic acids is 1. The lowest BCUT2D eigenvalue weighted by molar-refractivity contribution is -0.615. The molecule has 0 aliphatic heterocycles. The zero-order valence-corrected chi connectivity index (χ0v) is 21.7. The molecule has 13 nitrogen and oxygen atoms in total. The van der Waals surface area contributed by atoms with E-state index in [0.29, 0.717) is 10.4 Å². The first-order chi connectivity index (χ1) is 19.9. The van der Waals surface area contributed by atoms with Crippen LogP contribution < -0.4 is 10.5 Å². The molecule has 0 aliphatic rings. The van der Waals surface area contributed by atoms with Crippen molar-refractivity contribution in [2.45, 2.75) is 12.6 Å². The van der Waals surface area contributed by atoms with Crippen LogP contribution in [0.1, 0.15) is 22.2 Å². The number of nitrogens with zero attached hydrogens (tertiary/aromatic N) is 10. The van der Waals surface area contributed by atoms with E-state index in [0.717, 1.165) is 11.1 Å². The highest BCUT2D eigenvalue weighted by Crippen LogP contribution is 2.33. The first kappa shape index (κ1) is 25.8. The molecule has 6 aromatic rings. The van der Waals surface area contributed by atoms with Crippen molar-refractivity contribution in [3.8, 4) is 27.9 Å². The fourth-order valence-electron chi connectivity index (χ4n) is 4.46. The Hall–Kier alpha value is -5.50. The summed E-state index contributed by atoms with van der Waals surface area (Å²) < 4.78 is 20.4. The predicted molar refractivity (Wildman–Crippen MR) is 143 cm³/mol. The molecule has 0 saturated carbocycles. The monoisotopic (exact) mass is 571 g/mol. The lowest BCUT2D eigenvalue weighted by Crippen LogP contribution is -2.37. The van der Waals surface area contributed by atoms with Gasteiger partial charge in [0.1, 0.15) is 12.0 Å². The molecule has 0 bridgehead atoms. The Morgan fingerprint density at radius 1 is 1.10 bits per heavy atom. The summed E-state index contributed by atoms with van der Waals surface area (Å²) in [7, 11) is 0. The highest BCUT2D eigenvalue weighted by Gasteiger charge is 2.27. The normalized spacial score (nSPS) is 12.0. The van der Waals surface area contributed by atoms with E-state index in [1.165, 1.54) is 34.0 Å². The molecule has 5 aromatic heterocycles. The summed E-state index contributed by atoms with van der Waals surface area (Å²) in [6, 6.07) is 10.6. The fraction of sp³-hybridized carbons (Fsp3) is 0.0769. The van der Waals surface area contributed by atoms with Gasteiger partial charge in [0.25, 0.3) is 5.91 Å². The number of hydrogen-bond acceptors (Lipinski definition) is 8. The molecule has 1 unspecified atom stereocenters. The number of primary amides is 1. The summed E-state index contributed by atoms with van der Waals surface area (Å²) in [4.78, 5) is 15.6. The number of aromatic nitrogens is 10. The van der Waals surface area contributed by atoms with Gasteiger partial charge in [-0.25, -0.2) is 4.39 Å². The molecular formula is C26H19ClFN11O2. The van der Waals surface area contributed by atoms with E-state index in [-0.39, 0.29) is 34.1 Å². The minimum absolute atomic E-state index is 0.0507. The van der Waals surface area contributed by atoms with Crippen LogP contribution in [-0.4, -0.2) is 50.7 Å². The summed E-state index contributed by atoms with van der Waals surface area (Å²) in [5, 5.41) is 33.2. The molecule has 6 rings (SSSR count). The molecule has 1 amide bonds. The molecule has 5 heterocycles. The number of pyridine rings is 2. The molecule has 0 saturated heterocycles. The van der Waals surface area contributed by atoms with Gasteiger partial charge in [-0.3, -0.25) is 19.1 Å². The van der Waals surface area contributed by atoms with E-state index in [2.05, 4.69) is 30.7 Å². The van der Waals surface area contributed by atoms with E-state index in [1.807, 2.05) is 12.1 Å². The zero-order chi connectivity index (χ0) is 28.5. The predicted octanol–water partition coefficient (Wildman–Crippen LogP) is 2.60. The van der Waals surface area contributed by atoms with Crippen molar-refractivity contribution in [3.05, 3.63) is 113 Å². The number of nitrogens with two attached hydrogens (primary N) is 1. The van der Waals surface area contributed by atoms with Crippen molar-refractivity contribution in [1.29, 1.82) is 0 Å². The van der Waals surface area contributed by atoms with Gasteiger partial charge in [-0.1, -0.05) is 11.6 Å². The van der Waals surface area contributed by atoms with E-state index >= 15 is 4.39 Å². The van der Waals surface area contributed by atoms with Crippen LogP contribution in [0.15, 0.2) is 86.0 Å². The fourth-order valence-corrected chi connectivity index (χ4v) is 4.62. The zero-order valence-electron chi connectivity index (χ0n) is 21.0. The third-order valence-corrected chi connectivity index (χ3v) is 6.72. The van der Waals surface area contributed by atoms with Gasteiger partial charge in [-0.15, -0.1) is 5.10 Å². The van der Waals surface area contributed by atoms with Crippen molar-refractivity contribution < 1.29 is 13.9 Å². The van der Waals surface area contributed by atoms with Crippen LogP contribution in [0.5, 0.6) is 0 Å². The molecule has 15 heteroatoms. The van der Waals surface area contributed by atoms with Crippen molar-refractivity contribution in [2.75, 3.05) is 0 Å². The van der Waals surface area contributed by atoms with Gasteiger partial charge in [0.05, 0.1) is 34.6 Å². The minimum atomic E-state index is -0.728. The second-order valence-electron chi connectivity index (χ2n) is 8.93. The minimum Gasteiger partial charge on any atom is -0.618 e. The summed E-state index contributed by atoms with van der Waals surface area (Å²) in [5.41, 5.74) is 8.02. The Morgan fingerprint density at radius 3 is 2.63 bits per heavy atom. The first-order valence-corrected chi connectivity index (χ1v) is 12.5. The first-order valence-electron chi connectivity index (χ1n) is 12.1. The molecule has 0 aliphatic carbocycles. The van der Waals surface area contributed by atoms with E-state index in [4.69, 9.17) is 17.3 Å². The maximum Gasteiger partial charge on any atom is 0.269 e. The molecule has 41 heavy (non-hydrogen) atoms. The molecule has 204 valence electrons. The van der Waals surface area contributed by atoms with E-state index < -0.39 is 17.8 Å². The molecule has 2 N–H and O–H groups in total. The van der Waals surface area contributed by atoms with Crippen molar-refractivity contribution in [2.24, 2.45) is 5.73 Å².